The predicted molar refractivity (Wildman–Crippen MR) is 118 cm³/mol. The quantitative estimate of drug-likeness (QED) is 0.369. The summed E-state index contributed by atoms with van der Waals surface area (Å²) in [6.45, 7) is 3.60. The molecule has 0 heterocycles. The zero-order valence-corrected chi connectivity index (χ0v) is 18.0. The number of phenols is 2. The van der Waals surface area contributed by atoms with E-state index < -0.39 is 23.9 Å². The number of unbranched alkanes of at least 4 members (excludes halogenated alkanes) is 1. The Kier molecular flexibility index (Phi) is 9.28. The molecule has 0 radical (unpaired) electrons. The first-order valence-electron chi connectivity index (χ1n) is 10.5. The predicted octanol–water partition coefficient (Wildman–Crippen LogP) is 4.10. The summed E-state index contributed by atoms with van der Waals surface area (Å²) < 4.78 is 5.62. The van der Waals surface area contributed by atoms with Crippen molar-refractivity contribution in [1.29, 1.82) is 0 Å². The van der Waals surface area contributed by atoms with E-state index in [-0.39, 0.29) is 35.5 Å². The molecule has 0 saturated heterocycles. The van der Waals surface area contributed by atoms with Gasteiger partial charge in [0, 0.05) is 25.3 Å². The van der Waals surface area contributed by atoms with Crippen LogP contribution >= 0.6 is 0 Å². The maximum atomic E-state index is 12.9. The number of phenolic OH excluding ortho intramolecular Hbond substituents is 2. The van der Waals surface area contributed by atoms with Gasteiger partial charge < -0.3 is 20.1 Å². The van der Waals surface area contributed by atoms with E-state index >= 15 is 0 Å². The summed E-state index contributed by atoms with van der Waals surface area (Å²) in [5.41, 5.74) is 0.968. The number of esters is 1. The monoisotopic (exact) mass is 426 g/mol. The standard InChI is InChI=1S/C25H30O6/c1-3-4-6-11-20(27)14-19-15-21(28)16-23(29)24(19)25(30)31-22(12-17(2)26)13-18-9-7-5-8-10-18/h5-11,15-17,22,26,28-29H,3-4,12-14H2,1-2H3/b11-6+/t17?,22-/m0/s1. The summed E-state index contributed by atoms with van der Waals surface area (Å²) >= 11 is 0. The van der Waals surface area contributed by atoms with Crippen LogP contribution in [0.3, 0.4) is 0 Å². The molecule has 2 rings (SSSR count). The zero-order chi connectivity index (χ0) is 22.8. The first-order chi connectivity index (χ1) is 14.8. The van der Waals surface area contributed by atoms with Gasteiger partial charge in [0.25, 0.3) is 0 Å². The van der Waals surface area contributed by atoms with E-state index in [9.17, 15) is 24.9 Å². The Morgan fingerprint density at radius 1 is 1.13 bits per heavy atom. The van der Waals surface area contributed by atoms with Crippen LogP contribution in [0.2, 0.25) is 0 Å². The molecule has 0 amide bonds. The number of ketones is 1. The summed E-state index contributed by atoms with van der Waals surface area (Å²) in [5.74, 6) is -1.77. The van der Waals surface area contributed by atoms with Gasteiger partial charge in [-0.05, 0) is 36.6 Å². The second-order valence-corrected chi connectivity index (χ2v) is 7.63. The van der Waals surface area contributed by atoms with E-state index in [4.69, 9.17) is 4.74 Å². The van der Waals surface area contributed by atoms with Crippen molar-refractivity contribution in [2.45, 2.75) is 58.2 Å². The topological polar surface area (TPSA) is 104 Å². The fraction of sp³-hybridized carbons (Fsp3) is 0.360. The molecule has 0 fully saturated rings. The number of rotatable bonds is 11. The summed E-state index contributed by atoms with van der Waals surface area (Å²) in [5, 5.41) is 30.0. The summed E-state index contributed by atoms with van der Waals surface area (Å²) in [6.07, 6.45) is 3.97. The fourth-order valence-corrected chi connectivity index (χ4v) is 3.31. The molecule has 0 aliphatic rings. The lowest BCUT2D eigenvalue weighted by molar-refractivity contribution is -0.114. The van der Waals surface area contributed by atoms with Gasteiger partial charge in [-0.25, -0.2) is 4.79 Å². The SMILES string of the molecule is CCC/C=C/C(=O)Cc1cc(O)cc(O)c1C(=O)O[C@H](Cc1ccccc1)CC(C)O. The number of allylic oxidation sites excluding steroid dienone is 2. The maximum Gasteiger partial charge on any atom is 0.342 e. The molecule has 1 unspecified atom stereocenters. The number of aliphatic hydroxyl groups excluding tert-OH is 1. The number of benzene rings is 2. The summed E-state index contributed by atoms with van der Waals surface area (Å²) in [4.78, 5) is 25.2. The number of hydrogen-bond acceptors (Lipinski definition) is 6. The first-order valence-corrected chi connectivity index (χ1v) is 10.5. The number of aromatic hydroxyl groups is 2. The largest absolute Gasteiger partial charge is 0.508 e. The van der Waals surface area contributed by atoms with Crippen LogP contribution in [-0.4, -0.2) is 39.3 Å². The second-order valence-electron chi connectivity index (χ2n) is 7.63. The molecule has 166 valence electrons. The van der Waals surface area contributed by atoms with Crippen LogP contribution in [0, 0.1) is 0 Å². The summed E-state index contributed by atoms with van der Waals surface area (Å²) in [6, 6.07) is 11.7. The van der Waals surface area contributed by atoms with Crippen LogP contribution in [0.15, 0.2) is 54.6 Å². The van der Waals surface area contributed by atoms with E-state index in [0.29, 0.717) is 6.42 Å². The molecule has 31 heavy (non-hydrogen) atoms. The highest BCUT2D eigenvalue weighted by Gasteiger charge is 2.25. The highest BCUT2D eigenvalue weighted by atomic mass is 16.5. The first kappa shape index (κ1) is 24.2. The van der Waals surface area contributed by atoms with Crippen molar-refractivity contribution in [3.05, 3.63) is 71.3 Å². The van der Waals surface area contributed by atoms with Crippen LogP contribution in [0.5, 0.6) is 11.5 Å². The van der Waals surface area contributed by atoms with Gasteiger partial charge in [-0.2, -0.15) is 0 Å². The normalized spacial score (nSPS) is 13.1. The number of carbonyl (C=O) groups is 2. The van der Waals surface area contributed by atoms with E-state index in [1.807, 2.05) is 37.3 Å². The van der Waals surface area contributed by atoms with Crippen molar-refractivity contribution in [3.8, 4) is 11.5 Å². The van der Waals surface area contributed by atoms with Crippen molar-refractivity contribution < 1.29 is 29.6 Å². The third-order valence-corrected chi connectivity index (χ3v) is 4.70. The van der Waals surface area contributed by atoms with Crippen LogP contribution in [-0.2, 0) is 22.4 Å². The molecule has 0 saturated carbocycles. The third-order valence-electron chi connectivity index (χ3n) is 4.70. The fourth-order valence-electron chi connectivity index (χ4n) is 3.31. The molecule has 2 aromatic carbocycles. The smallest absolute Gasteiger partial charge is 0.342 e. The molecular weight excluding hydrogens is 396 g/mol. The highest BCUT2D eigenvalue weighted by molar-refractivity contribution is 5.98. The van der Waals surface area contributed by atoms with Gasteiger partial charge >= 0.3 is 5.97 Å². The van der Waals surface area contributed by atoms with Gasteiger partial charge in [-0.15, -0.1) is 0 Å². The Morgan fingerprint density at radius 2 is 1.84 bits per heavy atom. The van der Waals surface area contributed by atoms with E-state index in [2.05, 4.69) is 0 Å². The van der Waals surface area contributed by atoms with Gasteiger partial charge in [0.15, 0.2) is 5.78 Å². The molecule has 0 bridgehead atoms. The Hall–Kier alpha value is -3.12. The van der Waals surface area contributed by atoms with Gasteiger partial charge in [0.05, 0.1) is 6.10 Å². The minimum absolute atomic E-state index is 0.154. The average Bonchev–Trinajstić information content (AvgIpc) is 2.67. The van der Waals surface area contributed by atoms with Crippen molar-refractivity contribution in [1.82, 2.24) is 0 Å². The van der Waals surface area contributed by atoms with Crippen molar-refractivity contribution in [2.75, 3.05) is 0 Å². The minimum atomic E-state index is -0.806. The maximum absolute atomic E-state index is 12.9. The average molecular weight is 427 g/mol. The van der Waals surface area contributed by atoms with Crippen molar-refractivity contribution in [3.63, 3.8) is 0 Å². The lowest BCUT2D eigenvalue weighted by atomic mass is 9.99. The minimum Gasteiger partial charge on any atom is -0.508 e. The molecule has 6 heteroatoms. The van der Waals surface area contributed by atoms with Gasteiger partial charge in [-0.3, -0.25) is 4.79 Å². The Morgan fingerprint density at radius 3 is 2.48 bits per heavy atom. The Bertz CT molecular complexity index is 902. The number of carbonyl (C=O) groups excluding carboxylic acids is 2. The molecule has 3 N–H and O–H groups in total. The van der Waals surface area contributed by atoms with Gasteiger partial charge in [0.2, 0.25) is 0 Å². The van der Waals surface area contributed by atoms with E-state index in [1.165, 1.54) is 12.1 Å². The van der Waals surface area contributed by atoms with Crippen LogP contribution in [0.4, 0.5) is 0 Å². The molecule has 0 aliphatic carbocycles. The van der Waals surface area contributed by atoms with E-state index in [1.54, 1.807) is 13.0 Å². The molecule has 0 aromatic heterocycles. The van der Waals surface area contributed by atoms with Crippen molar-refractivity contribution in [2.24, 2.45) is 0 Å². The molecule has 6 nitrogen and oxygen atoms in total. The highest BCUT2D eigenvalue weighted by Crippen LogP contribution is 2.29. The van der Waals surface area contributed by atoms with Crippen LogP contribution < -0.4 is 0 Å². The number of aliphatic hydroxyl groups is 1. The Labute approximate surface area is 182 Å². The molecular formula is C25H30O6. The number of hydrogen-bond donors (Lipinski definition) is 3. The lowest BCUT2D eigenvalue weighted by Crippen LogP contribution is -2.25. The lowest BCUT2D eigenvalue weighted by Gasteiger charge is -2.21. The number of ether oxygens (including phenoxy) is 1. The van der Waals surface area contributed by atoms with Crippen LogP contribution in [0.25, 0.3) is 0 Å². The van der Waals surface area contributed by atoms with Gasteiger partial charge in [-0.1, -0.05) is 49.8 Å². The molecule has 0 aliphatic heterocycles. The second kappa shape index (κ2) is 11.9. The van der Waals surface area contributed by atoms with Crippen molar-refractivity contribution >= 4 is 11.8 Å². The van der Waals surface area contributed by atoms with E-state index in [0.717, 1.165) is 24.5 Å². The summed E-state index contributed by atoms with van der Waals surface area (Å²) in [7, 11) is 0. The third kappa shape index (κ3) is 7.90. The Balaban J connectivity index is 2.25. The molecule has 2 atom stereocenters. The molecule has 0 spiro atoms. The van der Waals surface area contributed by atoms with Crippen LogP contribution in [0.1, 0.15) is 54.6 Å². The molecule has 2 aromatic rings. The van der Waals surface area contributed by atoms with Gasteiger partial charge in [0.1, 0.15) is 23.2 Å². The zero-order valence-electron chi connectivity index (χ0n) is 18.0.